The summed E-state index contributed by atoms with van der Waals surface area (Å²) in [5.74, 6) is -0.562. The van der Waals surface area contributed by atoms with Gasteiger partial charge in [0.15, 0.2) is 5.79 Å². The maximum Gasteiger partial charge on any atom is 0.168 e. The van der Waals surface area contributed by atoms with Gasteiger partial charge in [0.1, 0.15) is 0 Å². The van der Waals surface area contributed by atoms with Crippen molar-refractivity contribution in [1.82, 2.24) is 0 Å². The van der Waals surface area contributed by atoms with Crippen LogP contribution in [-0.2, 0) is 9.47 Å². The van der Waals surface area contributed by atoms with E-state index in [4.69, 9.17) is 20.0 Å². The van der Waals surface area contributed by atoms with Crippen molar-refractivity contribution in [1.29, 1.82) is 10.5 Å². The minimum absolute atomic E-state index is 0.213. The number of methoxy groups -OCH3 is 2. The summed E-state index contributed by atoms with van der Waals surface area (Å²) >= 11 is 0. The Labute approximate surface area is 84.0 Å². The predicted molar refractivity (Wildman–Crippen MR) is 48.9 cm³/mol. The van der Waals surface area contributed by atoms with Crippen LogP contribution in [0.2, 0.25) is 0 Å². The molecular weight excluding hydrogens is 180 g/mol. The highest BCUT2D eigenvalue weighted by Crippen LogP contribution is 2.54. The quantitative estimate of drug-likeness (QED) is 0.637. The Morgan fingerprint density at radius 3 is 1.79 bits per heavy atom. The van der Waals surface area contributed by atoms with Crippen LogP contribution >= 0.6 is 0 Å². The topological polar surface area (TPSA) is 66.0 Å². The van der Waals surface area contributed by atoms with Crippen molar-refractivity contribution in [2.45, 2.75) is 31.5 Å². The molecule has 0 atom stereocenters. The molecule has 0 N–H and O–H groups in total. The van der Waals surface area contributed by atoms with Gasteiger partial charge in [0.25, 0.3) is 0 Å². The van der Waals surface area contributed by atoms with Gasteiger partial charge in [0.05, 0.1) is 12.1 Å². The fourth-order valence-corrected chi connectivity index (χ4v) is 2.11. The van der Waals surface area contributed by atoms with E-state index in [1.54, 1.807) is 14.2 Å². The molecule has 0 aliphatic heterocycles. The minimum atomic E-state index is -0.562. The first kappa shape index (κ1) is 11.0. The summed E-state index contributed by atoms with van der Waals surface area (Å²) in [6, 6.07) is 4.24. The molecule has 0 aromatic rings. The van der Waals surface area contributed by atoms with Crippen LogP contribution in [0, 0.1) is 28.1 Å². The molecule has 0 amide bonds. The third-order valence-electron chi connectivity index (χ3n) is 2.94. The largest absolute Gasteiger partial charge is 0.353 e. The molecule has 76 valence electrons. The summed E-state index contributed by atoms with van der Waals surface area (Å²) in [6.45, 7) is 0. The Morgan fingerprint density at radius 2 is 1.50 bits per heavy atom. The lowest BCUT2D eigenvalue weighted by atomic mass is 9.61. The van der Waals surface area contributed by atoms with E-state index in [9.17, 15) is 0 Å². The van der Waals surface area contributed by atoms with Crippen molar-refractivity contribution in [3.8, 4) is 12.1 Å². The van der Waals surface area contributed by atoms with Gasteiger partial charge < -0.3 is 9.47 Å². The molecule has 0 saturated heterocycles. The SMILES string of the molecule is COC1(OC)CC(CC#N)(CC#N)C1. The number of nitrogens with zero attached hydrogens (tertiary/aromatic N) is 2. The summed E-state index contributed by atoms with van der Waals surface area (Å²) in [5, 5.41) is 17.3. The second kappa shape index (κ2) is 3.96. The van der Waals surface area contributed by atoms with Gasteiger partial charge in [-0.15, -0.1) is 0 Å². The lowest BCUT2D eigenvalue weighted by molar-refractivity contribution is -0.295. The van der Waals surface area contributed by atoms with Gasteiger partial charge >= 0.3 is 0 Å². The van der Waals surface area contributed by atoms with Crippen molar-refractivity contribution >= 4 is 0 Å². The molecule has 1 aliphatic carbocycles. The van der Waals surface area contributed by atoms with Gasteiger partial charge in [0, 0.05) is 45.3 Å². The number of rotatable bonds is 4. The molecule has 4 nitrogen and oxygen atoms in total. The van der Waals surface area contributed by atoms with Crippen molar-refractivity contribution in [2.24, 2.45) is 5.41 Å². The number of ether oxygens (including phenoxy) is 2. The van der Waals surface area contributed by atoms with Crippen LogP contribution in [0.5, 0.6) is 0 Å². The van der Waals surface area contributed by atoms with Gasteiger partial charge in [-0.3, -0.25) is 0 Å². The van der Waals surface area contributed by atoms with Gasteiger partial charge in [-0.1, -0.05) is 0 Å². The van der Waals surface area contributed by atoms with E-state index >= 15 is 0 Å². The van der Waals surface area contributed by atoms with E-state index in [1.165, 1.54) is 0 Å². The highest BCUT2D eigenvalue weighted by Gasteiger charge is 2.55. The van der Waals surface area contributed by atoms with E-state index in [0.717, 1.165) is 0 Å². The lowest BCUT2D eigenvalue weighted by Gasteiger charge is -2.52. The first-order valence-corrected chi connectivity index (χ1v) is 4.50. The summed E-state index contributed by atoms with van der Waals surface area (Å²) in [5.41, 5.74) is -0.213. The molecule has 4 heteroatoms. The zero-order valence-corrected chi connectivity index (χ0v) is 8.54. The van der Waals surface area contributed by atoms with Crippen LogP contribution in [0.1, 0.15) is 25.7 Å². The number of hydrogen-bond donors (Lipinski definition) is 0. The summed E-state index contributed by atoms with van der Waals surface area (Å²) in [7, 11) is 3.18. The van der Waals surface area contributed by atoms with Crippen LogP contribution in [0.3, 0.4) is 0 Å². The van der Waals surface area contributed by atoms with Crippen molar-refractivity contribution in [3.05, 3.63) is 0 Å². The maximum atomic E-state index is 8.67. The Hall–Kier alpha value is -1.10. The normalized spacial score (nSPS) is 21.7. The molecule has 1 rings (SSSR count). The molecule has 1 saturated carbocycles. The summed E-state index contributed by atoms with van der Waals surface area (Å²) < 4.78 is 10.5. The van der Waals surface area contributed by atoms with Crippen molar-refractivity contribution in [2.75, 3.05) is 14.2 Å². The molecule has 0 radical (unpaired) electrons. The molecule has 0 unspecified atom stereocenters. The Morgan fingerprint density at radius 1 is 1.07 bits per heavy atom. The number of hydrogen-bond acceptors (Lipinski definition) is 4. The fourth-order valence-electron chi connectivity index (χ4n) is 2.11. The zero-order valence-electron chi connectivity index (χ0n) is 8.54. The van der Waals surface area contributed by atoms with Crippen molar-refractivity contribution < 1.29 is 9.47 Å². The molecular formula is C10H14N2O2. The fraction of sp³-hybridized carbons (Fsp3) is 0.800. The third kappa shape index (κ3) is 1.72. The monoisotopic (exact) mass is 194 g/mol. The van der Waals surface area contributed by atoms with Gasteiger partial charge in [-0.25, -0.2) is 0 Å². The minimum Gasteiger partial charge on any atom is -0.353 e. The summed E-state index contributed by atoms with van der Waals surface area (Å²) in [6.07, 6.45) is 2.06. The lowest BCUT2D eigenvalue weighted by Crippen LogP contribution is -2.54. The van der Waals surface area contributed by atoms with E-state index in [0.29, 0.717) is 25.7 Å². The van der Waals surface area contributed by atoms with Gasteiger partial charge in [0.2, 0.25) is 0 Å². The smallest absolute Gasteiger partial charge is 0.168 e. The molecule has 0 aromatic carbocycles. The number of nitriles is 2. The molecule has 0 heterocycles. The highest BCUT2D eigenvalue weighted by atomic mass is 16.7. The average Bonchev–Trinajstić information content (AvgIpc) is 2.13. The first-order valence-electron chi connectivity index (χ1n) is 4.50. The van der Waals surface area contributed by atoms with Gasteiger partial charge in [-0.05, 0) is 0 Å². The zero-order chi connectivity index (χ0) is 10.7. The third-order valence-corrected chi connectivity index (χ3v) is 2.94. The molecule has 1 aliphatic rings. The van der Waals surface area contributed by atoms with Crippen LogP contribution in [0.15, 0.2) is 0 Å². The van der Waals surface area contributed by atoms with Crippen LogP contribution in [-0.4, -0.2) is 20.0 Å². The van der Waals surface area contributed by atoms with Crippen LogP contribution in [0.25, 0.3) is 0 Å². The second-order valence-electron chi connectivity index (χ2n) is 3.84. The molecule has 14 heavy (non-hydrogen) atoms. The molecule has 0 bridgehead atoms. The van der Waals surface area contributed by atoms with E-state index in [2.05, 4.69) is 12.1 Å². The molecule has 0 aromatic heterocycles. The first-order chi connectivity index (χ1) is 6.66. The van der Waals surface area contributed by atoms with Crippen molar-refractivity contribution in [3.63, 3.8) is 0 Å². The summed E-state index contributed by atoms with van der Waals surface area (Å²) in [4.78, 5) is 0. The molecule has 0 spiro atoms. The Bertz CT molecular complexity index is 257. The Kier molecular flexibility index (Phi) is 3.10. The second-order valence-corrected chi connectivity index (χ2v) is 3.84. The standard InChI is InChI=1S/C10H14N2O2/c1-13-10(14-2)7-9(8-10,3-5-11)4-6-12/h3-4,7-8H2,1-2H3. The predicted octanol–water partition coefficient (Wildman–Crippen LogP) is 1.58. The van der Waals surface area contributed by atoms with E-state index in [-0.39, 0.29) is 5.41 Å². The highest BCUT2D eigenvalue weighted by molar-refractivity contribution is 5.07. The Balaban J connectivity index is 2.64. The van der Waals surface area contributed by atoms with E-state index < -0.39 is 5.79 Å². The van der Waals surface area contributed by atoms with Crippen LogP contribution < -0.4 is 0 Å². The van der Waals surface area contributed by atoms with Gasteiger partial charge in [-0.2, -0.15) is 10.5 Å². The van der Waals surface area contributed by atoms with E-state index in [1.807, 2.05) is 0 Å². The van der Waals surface area contributed by atoms with Crippen LogP contribution in [0.4, 0.5) is 0 Å². The maximum absolute atomic E-state index is 8.67. The molecule has 1 fully saturated rings. The average molecular weight is 194 g/mol.